The maximum atomic E-state index is 13.0. The number of para-hydroxylation sites is 2. The van der Waals surface area contributed by atoms with Crippen LogP contribution in [0.3, 0.4) is 0 Å². The minimum atomic E-state index is -0.305. The van der Waals surface area contributed by atoms with Crippen LogP contribution < -0.4 is 11.1 Å². The lowest BCUT2D eigenvalue weighted by molar-refractivity contribution is 0.0953. The number of hydrogen-bond donors (Lipinski definition) is 2. The average molecular weight is 433 g/mol. The second-order valence-electron chi connectivity index (χ2n) is 6.48. The number of hydrogen-bond acceptors (Lipinski definition) is 7. The topological polar surface area (TPSA) is 98.2 Å². The first-order valence-corrected chi connectivity index (χ1v) is 10.9. The molecule has 0 bridgehead atoms. The highest BCUT2D eigenvalue weighted by molar-refractivity contribution is 7.11. The number of nitrogen functional groups attached to an aromatic ring is 1. The van der Waals surface area contributed by atoms with Crippen molar-refractivity contribution in [2.24, 2.45) is 5.10 Å². The summed E-state index contributed by atoms with van der Waals surface area (Å²) in [5.41, 5.74) is 8.94. The molecular weight excluding hydrogens is 416 g/mol. The molecule has 4 aromatic heterocycles. The van der Waals surface area contributed by atoms with E-state index in [0.29, 0.717) is 28.7 Å². The average Bonchev–Trinajstić information content (AvgIpc) is 3.50. The maximum Gasteiger partial charge on any atom is 0.257 e. The predicted molar refractivity (Wildman–Crippen MR) is 122 cm³/mol. The van der Waals surface area contributed by atoms with Crippen molar-refractivity contribution in [2.45, 2.75) is 6.54 Å². The quantitative estimate of drug-likeness (QED) is 0.409. The fourth-order valence-electron chi connectivity index (χ4n) is 3.14. The van der Waals surface area contributed by atoms with Crippen LogP contribution in [-0.4, -0.2) is 26.8 Å². The summed E-state index contributed by atoms with van der Waals surface area (Å²) in [4.78, 5) is 24.4. The smallest absolute Gasteiger partial charge is 0.257 e. The van der Waals surface area contributed by atoms with Crippen LogP contribution in [0.1, 0.15) is 20.1 Å². The Hall–Kier alpha value is -3.56. The van der Waals surface area contributed by atoms with Crippen LogP contribution in [0.4, 0.5) is 5.82 Å². The fourth-order valence-corrected chi connectivity index (χ4v) is 4.36. The van der Waals surface area contributed by atoms with Gasteiger partial charge in [-0.2, -0.15) is 9.78 Å². The molecule has 1 aromatic carbocycles. The number of benzene rings is 1. The Bertz CT molecular complexity index is 1370. The highest BCUT2D eigenvalue weighted by Crippen LogP contribution is 2.28. The van der Waals surface area contributed by atoms with Gasteiger partial charge in [-0.15, -0.1) is 22.7 Å². The first-order valence-electron chi connectivity index (χ1n) is 9.16. The highest BCUT2D eigenvalue weighted by Gasteiger charge is 2.24. The van der Waals surface area contributed by atoms with Gasteiger partial charge in [-0.25, -0.2) is 9.97 Å². The van der Waals surface area contributed by atoms with Crippen molar-refractivity contribution >= 4 is 62.8 Å². The normalized spacial score (nSPS) is 11.6. The van der Waals surface area contributed by atoms with E-state index in [0.717, 1.165) is 9.75 Å². The summed E-state index contributed by atoms with van der Waals surface area (Å²) in [6.45, 7) is 0.419. The first kappa shape index (κ1) is 18.5. The van der Waals surface area contributed by atoms with Gasteiger partial charge >= 0.3 is 0 Å². The van der Waals surface area contributed by atoms with Crippen molar-refractivity contribution in [3.05, 3.63) is 74.6 Å². The van der Waals surface area contributed by atoms with Gasteiger partial charge in [0.25, 0.3) is 5.91 Å². The summed E-state index contributed by atoms with van der Waals surface area (Å²) in [6.07, 6.45) is 1.70. The Kier molecular flexibility index (Phi) is 4.74. The molecule has 5 rings (SSSR count). The standard InChI is InChI=1S/C21H16N6OS2/c22-19-17(21(28)23-11-13-5-3-9-29-13)18-20(26-16-8-2-1-7-15(16)25-18)27(19)24-12-14-6-4-10-30-14/h1-10,12H,11,22H2,(H,23,28)/b24-12-. The van der Waals surface area contributed by atoms with Gasteiger partial charge < -0.3 is 11.1 Å². The lowest BCUT2D eigenvalue weighted by atomic mass is 10.2. The van der Waals surface area contributed by atoms with E-state index in [1.165, 1.54) is 4.68 Å². The number of carbonyl (C=O) groups excluding carboxylic acids is 1. The lowest BCUT2D eigenvalue weighted by Gasteiger charge is -2.04. The molecule has 7 nitrogen and oxygen atoms in total. The van der Waals surface area contributed by atoms with E-state index in [4.69, 9.17) is 5.73 Å². The molecule has 0 spiro atoms. The number of nitrogens with one attached hydrogen (secondary N) is 1. The number of amides is 1. The van der Waals surface area contributed by atoms with Crippen LogP contribution in [0.15, 0.2) is 64.4 Å². The molecule has 0 aliphatic carbocycles. The van der Waals surface area contributed by atoms with Crippen LogP contribution in [0.25, 0.3) is 22.2 Å². The van der Waals surface area contributed by atoms with Crippen molar-refractivity contribution in [3.8, 4) is 0 Å². The maximum absolute atomic E-state index is 13.0. The van der Waals surface area contributed by atoms with E-state index in [1.54, 1.807) is 28.9 Å². The molecule has 0 radical (unpaired) electrons. The number of carbonyl (C=O) groups is 1. The van der Waals surface area contributed by atoms with Crippen molar-refractivity contribution in [2.75, 3.05) is 5.73 Å². The highest BCUT2D eigenvalue weighted by atomic mass is 32.1. The lowest BCUT2D eigenvalue weighted by Crippen LogP contribution is -2.23. The molecule has 0 unspecified atom stereocenters. The van der Waals surface area contributed by atoms with Gasteiger partial charge in [0.15, 0.2) is 5.65 Å². The van der Waals surface area contributed by atoms with Gasteiger partial charge in [0.1, 0.15) is 16.9 Å². The monoisotopic (exact) mass is 432 g/mol. The number of rotatable bonds is 5. The number of nitrogens with two attached hydrogens (primary N) is 1. The third kappa shape index (κ3) is 3.34. The Morgan fingerprint density at radius 2 is 1.83 bits per heavy atom. The molecule has 4 heterocycles. The van der Waals surface area contributed by atoms with Gasteiger partial charge in [-0.3, -0.25) is 4.79 Å². The number of nitrogens with zero attached hydrogens (tertiary/aromatic N) is 4. The predicted octanol–water partition coefficient (Wildman–Crippen LogP) is 4.10. The zero-order valence-corrected chi connectivity index (χ0v) is 17.3. The van der Waals surface area contributed by atoms with Gasteiger partial charge in [-0.1, -0.05) is 24.3 Å². The van der Waals surface area contributed by atoms with E-state index >= 15 is 0 Å². The molecule has 0 atom stereocenters. The number of thiophene rings is 2. The summed E-state index contributed by atoms with van der Waals surface area (Å²) >= 11 is 3.14. The SMILES string of the molecule is Nc1c(C(=O)NCc2cccs2)c2nc3ccccc3nc2n1/N=C\c1cccs1. The van der Waals surface area contributed by atoms with Crippen LogP contribution in [0, 0.1) is 0 Å². The summed E-state index contributed by atoms with van der Waals surface area (Å²) in [7, 11) is 0. The molecule has 0 saturated heterocycles. The van der Waals surface area contributed by atoms with Crippen LogP contribution in [0.5, 0.6) is 0 Å². The Balaban J connectivity index is 1.63. The number of aromatic nitrogens is 3. The molecule has 30 heavy (non-hydrogen) atoms. The van der Waals surface area contributed by atoms with E-state index in [2.05, 4.69) is 20.4 Å². The number of fused-ring (bicyclic) bond motifs is 2. The van der Waals surface area contributed by atoms with Crippen LogP contribution in [0.2, 0.25) is 0 Å². The third-order valence-corrected chi connectivity index (χ3v) is 6.23. The minimum absolute atomic E-state index is 0.205. The summed E-state index contributed by atoms with van der Waals surface area (Å²) < 4.78 is 1.48. The second kappa shape index (κ2) is 7.69. The fraction of sp³-hybridized carbons (Fsp3) is 0.0476. The van der Waals surface area contributed by atoms with Crippen molar-refractivity contribution in [1.29, 1.82) is 0 Å². The van der Waals surface area contributed by atoms with Crippen molar-refractivity contribution < 1.29 is 4.79 Å². The van der Waals surface area contributed by atoms with Crippen molar-refractivity contribution in [1.82, 2.24) is 20.0 Å². The molecule has 0 aliphatic rings. The van der Waals surface area contributed by atoms with E-state index in [9.17, 15) is 4.79 Å². The Morgan fingerprint density at radius 1 is 1.07 bits per heavy atom. The van der Waals surface area contributed by atoms with E-state index < -0.39 is 0 Å². The molecule has 0 saturated carbocycles. The largest absolute Gasteiger partial charge is 0.383 e. The summed E-state index contributed by atoms with van der Waals surface area (Å²) in [6, 6.07) is 15.3. The third-order valence-electron chi connectivity index (χ3n) is 4.55. The molecule has 0 aliphatic heterocycles. The molecule has 3 N–H and O–H groups in total. The van der Waals surface area contributed by atoms with Crippen LogP contribution in [-0.2, 0) is 6.54 Å². The van der Waals surface area contributed by atoms with Crippen LogP contribution >= 0.6 is 22.7 Å². The van der Waals surface area contributed by atoms with Gasteiger partial charge in [0.05, 0.1) is 23.8 Å². The molecule has 1 amide bonds. The molecular formula is C21H16N6OS2. The summed E-state index contributed by atoms with van der Waals surface area (Å²) in [5.74, 6) is -0.0997. The van der Waals surface area contributed by atoms with Gasteiger partial charge in [0, 0.05) is 9.75 Å². The first-order chi connectivity index (χ1) is 14.7. The molecule has 9 heteroatoms. The van der Waals surface area contributed by atoms with E-state index in [1.807, 2.05) is 59.3 Å². The van der Waals surface area contributed by atoms with Gasteiger partial charge in [-0.05, 0) is 35.0 Å². The zero-order chi connectivity index (χ0) is 20.5. The zero-order valence-electron chi connectivity index (χ0n) is 15.6. The minimum Gasteiger partial charge on any atom is -0.383 e. The molecule has 148 valence electrons. The molecule has 5 aromatic rings. The second-order valence-corrected chi connectivity index (χ2v) is 8.49. The number of anilines is 1. The van der Waals surface area contributed by atoms with Crippen molar-refractivity contribution in [3.63, 3.8) is 0 Å². The Labute approximate surface area is 179 Å². The molecule has 0 fully saturated rings. The van der Waals surface area contributed by atoms with E-state index in [-0.39, 0.29) is 17.3 Å². The Morgan fingerprint density at radius 3 is 2.57 bits per heavy atom. The van der Waals surface area contributed by atoms with Gasteiger partial charge in [0.2, 0.25) is 0 Å². The summed E-state index contributed by atoms with van der Waals surface area (Å²) in [5, 5.41) is 11.4.